The van der Waals surface area contributed by atoms with E-state index in [4.69, 9.17) is 21.4 Å². The summed E-state index contributed by atoms with van der Waals surface area (Å²) in [5, 5.41) is 42.3. The average molecular weight is 650 g/mol. The van der Waals surface area contributed by atoms with Crippen molar-refractivity contribution < 1.29 is 34.3 Å². The van der Waals surface area contributed by atoms with Gasteiger partial charge in [0, 0.05) is 50.2 Å². The maximum absolute atomic E-state index is 15.0. The smallest absolute Gasteiger partial charge is 0.227 e. The van der Waals surface area contributed by atoms with Gasteiger partial charge in [0.1, 0.15) is 23.8 Å². The maximum atomic E-state index is 15.0. The third kappa shape index (κ3) is 8.41. The minimum Gasteiger partial charge on any atom is -0.493 e. The molecule has 0 radical (unpaired) electrons. The van der Waals surface area contributed by atoms with Gasteiger partial charge in [0.2, 0.25) is 11.9 Å². The van der Waals surface area contributed by atoms with E-state index in [1.165, 1.54) is 6.07 Å². The van der Waals surface area contributed by atoms with E-state index in [1.807, 2.05) is 0 Å². The lowest BCUT2D eigenvalue weighted by molar-refractivity contribution is -0.130. The zero-order chi connectivity index (χ0) is 32.0. The van der Waals surface area contributed by atoms with Crippen LogP contribution in [0.15, 0.2) is 30.6 Å². The molecule has 3 aliphatic rings. The molecule has 1 aliphatic carbocycles. The number of hydrogen-bond acceptors (Lipinski definition) is 10. The second-order valence-corrected chi connectivity index (χ2v) is 13.2. The Kier molecular flexibility index (Phi) is 11.5. The van der Waals surface area contributed by atoms with Crippen molar-refractivity contribution in [2.75, 3.05) is 50.8 Å². The summed E-state index contributed by atoms with van der Waals surface area (Å²) in [5.74, 6) is 1.20. The molecule has 45 heavy (non-hydrogen) atoms. The highest BCUT2D eigenvalue weighted by molar-refractivity contribution is 6.30. The molecule has 248 valence electrons. The summed E-state index contributed by atoms with van der Waals surface area (Å²) in [6.45, 7) is 2.88. The summed E-state index contributed by atoms with van der Waals surface area (Å²) < 4.78 is 20.8. The number of aliphatic hydroxyl groups is 4. The van der Waals surface area contributed by atoms with E-state index >= 15 is 0 Å². The lowest BCUT2D eigenvalue weighted by Gasteiger charge is -2.48. The van der Waals surface area contributed by atoms with Crippen LogP contribution in [-0.4, -0.2) is 111 Å². The molecular weight excluding hydrogens is 605 g/mol. The van der Waals surface area contributed by atoms with Crippen molar-refractivity contribution in [2.24, 2.45) is 11.3 Å². The summed E-state index contributed by atoms with van der Waals surface area (Å²) in [4.78, 5) is 25.7. The number of halogens is 2. The Labute approximate surface area is 268 Å². The van der Waals surface area contributed by atoms with Gasteiger partial charge in [0.15, 0.2) is 0 Å². The van der Waals surface area contributed by atoms with Crippen LogP contribution >= 0.6 is 11.6 Å². The van der Waals surface area contributed by atoms with Gasteiger partial charge >= 0.3 is 0 Å². The van der Waals surface area contributed by atoms with Crippen LogP contribution in [0.25, 0.3) is 0 Å². The van der Waals surface area contributed by atoms with Crippen LogP contribution in [0.4, 0.5) is 10.3 Å². The molecule has 1 amide bonds. The molecule has 5 atom stereocenters. The van der Waals surface area contributed by atoms with Crippen molar-refractivity contribution >= 4 is 23.5 Å². The SMILES string of the molecule is O=C(Cc1ccc(OCCCC2CCN(c3ncc(Cl)cn3)CC2)cc1F)N1CC[C@]2(CCC2NCC(O)[C@@H](O)C(O)CO)C1. The minimum absolute atomic E-state index is 0.0238. The predicted molar refractivity (Wildman–Crippen MR) is 167 cm³/mol. The number of aliphatic hydroxyl groups excluding tert-OH is 4. The first kappa shape index (κ1) is 33.7. The van der Waals surface area contributed by atoms with Crippen molar-refractivity contribution in [3.05, 3.63) is 47.0 Å². The lowest BCUT2D eigenvalue weighted by atomic mass is 9.63. The zero-order valence-electron chi connectivity index (χ0n) is 25.5. The molecule has 13 heteroatoms. The van der Waals surface area contributed by atoms with Crippen LogP contribution in [0.3, 0.4) is 0 Å². The number of nitrogens with zero attached hydrogens (tertiary/aromatic N) is 4. The molecule has 0 bridgehead atoms. The molecule has 1 saturated carbocycles. The van der Waals surface area contributed by atoms with E-state index in [0.717, 1.165) is 58.0 Å². The zero-order valence-corrected chi connectivity index (χ0v) is 26.3. The van der Waals surface area contributed by atoms with E-state index < -0.39 is 30.7 Å². The second kappa shape index (κ2) is 15.3. The molecule has 2 aromatic rings. The molecule has 5 N–H and O–H groups in total. The highest BCUT2D eigenvalue weighted by Crippen LogP contribution is 2.48. The van der Waals surface area contributed by atoms with Crippen LogP contribution in [0.5, 0.6) is 5.75 Å². The summed E-state index contributed by atoms with van der Waals surface area (Å²) in [6.07, 6.45) is 5.78. The number of carbonyl (C=O) groups excluding carboxylic acids is 1. The lowest BCUT2D eigenvalue weighted by Crippen LogP contribution is -2.57. The number of carbonyl (C=O) groups is 1. The van der Waals surface area contributed by atoms with Gasteiger partial charge in [-0.2, -0.15) is 0 Å². The number of likely N-dealkylation sites (tertiary alicyclic amines) is 1. The van der Waals surface area contributed by atoms with Crippen LogP contribution in [-0.2, 0) is 11.2 Å². The minimum atomic E-state index is -1.45. The molecular formula is C32H45ClFN5O6. The van der Waals surface area contributed by atoms with E-state index in [2.05, 4.69) is 20.2 Å². The van der Waals surface area contributed by atoms with Crippen LogP contribution in [0.2, 0.25) is 5.02 Å². The number of piperidine rings is 1. The Hall–Kier alpha value is -2.61. The molecule has 1 spiro atoms. The van der Waals surface area contributed by atoms with Crippen molar-refractivity contribution in [3.8, 4) is 5.75 Å². The number of benzene rings is 1. The monoisotopic (exact) mass is 649 g/mol. The Bertz CT molecular complexity index is 1270. The fourth-order valence-electron chi connectivity index (χ4n) is 6.85. The Balaban J connectivity index is 1.00. The highest BCUT2D eigenvalue weighted by atomic mass is 35.5. The molecule has 2 aliphatic heterocycles. The van der Waals surface area contributed by atoms with E-state index in [-0.39, 0.29) is 30.3 Å². The normalized spacial score (nSPS) is 24.0. The second-order valence-electron chi connectivity index (χ2n) is 12.8. The van der Waals surface area contributed by atoms with Gasteiger partial charge < -0.3 is 40.3 Å². The standard InChI is InChI=1S/C32H45ClFN5O6/c33-23-16-36-31(37-17-23)38-10-6-21(7-11-38)2-1-13-45-24-4-3-22(25(34)15-24)14-29(43)39-12-9-32(20-39)8-5-28(32)35-18-26(41)30(44)27(42)19-40/h3-4,15-17,21,26-28,30,35,40-42,44H,1-2,5-14,18-20H2/t26?,27?,28?,30-,32-/m1/s1. The number of nitrogens with one attached hydrogen (secondary N) is 1. The number of amides is 1. The van der Waals surface area contributed by atoms with E-state index in [9.17, 15) is 24.5 Å². The number of hydrogen-bond donors (Lipinski definition) is 5. The van der Waals surface area contributed by atoms with E-state index in [1.54, 1.807) is 29.4 Å². The van der Waals surface area contributed by atoms with Crippen molar-refractivity contribution in [1.29, 1.82) is 0 Å². The Morgan fingerprint density at radius 2 is 1.87 bits per heavy atom. The van der Waals surface area contributed by atoms with Gasteiger partial charge in [0.25, 0.3) is 0 Å². The van der Waals surface area contributed by atoms with Crippen LogP contribution in [0, 0.1) is 17.2 Å². The van der Waals surface area contributed by atoms with Crippen molar-refractivity contribution in [3.63, 3.8) is 0 Å². The van der Waals surface area contributed by atoms with Gasteiger partial charge in [-0.25, -0.2) is 14.4 Å². The molecule has 3 heterocycles. The average Bonchev–Trinajstić information content (AvgIpc) is 3.52. The van der Waals surface area contributed by atoms with Gasteiger partial charge in [-0.1, -0.05) is 17.7 Å². The van der Waals surface area contributed by atoms with Crippen LogP contribution in [0.1, 0.15) is 50.5 Å². The summed E-state index contributed by atoms with van der Waals surface area (Å²) in [7, 11) is 0. The third-order valence-electron chi connectivity index (χ3n) is 9.85. The predicted octanol–water partition coefficient (Wildman–Crippen LogP) is 1.93. The number of anilines is 1. The molecule has 5 rings (SSSR count). The highest BCUT2D eigenvalue weighted by Gasteiger charge is 2.51. The number of rotatable bonds is 14. The molecule has 1 aromatic carbocycles. The molecule has 3 fully saturated rings. The Morgan fingerprint density at radius 3 is 2.53 bits per heavy atom. The van der Waals surface area contributed by atoms with Gasteiger partial charge in [-0.15, -0.1) is 0 Å². The first-order valence-corrected chi connectivity index (χ1v) is 16.3. The fourth-order valence-corrected chi connectivity index (χ4v) is 6.95. The quantitative estimate of drug-likeness (QED) is 0.192. The largest absolute Gasteiger partial charge is 0.493 e. The maximum Gasteiger partial charge on any atom is 0.227 e. The van der Waals surface area contributed by atoms with Gasteiger partial charge in [0.05, 0.1) is 43.2 Å². The first-order chi connectivity index (χ1) is 21.7. The topological polar surface area (TPSA) is 152 Å². The molecule has 3 unspecified atom stereocenters. The number of aromatic nitrogens is 2. The van der Waals surface area contributed by atoms with Crippen LogP contribution < -0.4 is 15.0 Å². The summed E-state index contributed by atoms with van der Waals surface area (Å²) >= 11 is 5.89. The summed E-state index contributed by atoms with van der Waals surface area (Å²) in [5.41, 5.74) is 0.224. The van der Waals surface area contributed by atoms with Crippen molar-refractivity contribution in [2.45, 2.75) is 75.7 Å². The molecule has 11 nitrogen and oxygen atoms in total. The molecule has 1 aromatic heterocycles. The van der Waals surface area contributed by atoms with E-state index in [0.29, 0.717) is 47.9 Å². The third-order valence-corrected chi connectivity index (χ3v) is 10.0. The number of ether oxygens (including phenoxy) is 1. The molecule has 2 saturated heterocycles. The fraction of sp³-hybridized carbons (Fsp3) is 0.656. The van der Waals surface area contributed by atoms with Crippen molar-refractivity contribution in [1.82, 2.24) is 20.2 Å². The van der Waals surface area contributed by atoms with Gasteiger partial charge in [-0.3, -0.25) is 4.79 Å². The Morgan fingerprint density at radius 1 is 1.11 bits per heavy atom. The summed E-state index contributed by atoms with van der Waals surface area (Å²) in [6, 6.07) is 4.77. The van der Waals surface area contributed by atoms with Gasteiger partial charge in [-0.05, 0) is 62.5 Å². The first-order valence-electron chi connectivity index (χ1n) is 16.0.